The third-order valence-corrected chi connectivity index (χ3v) is 5.45. The summed E-state index contributed by atoms with van der Waals surface area (Å²) in [6.07, 6.45) is -0.507. The highest BCUT2D eigenvalue weighted by Gasteiger charge is 2.28. The van der Waals surface area contributed by atoms with Crippen LogP contribution in [-0.2, 0) is 4.74 Å². The van der Waals surface area contributed by atoms with E-state index in [1.807, 2.05) is 43.3 Å². The Hall–Kier alpha value is -2.12. The van der Waals surface area contributed by atoms with Crippen molar-refractivity contribution in [1.82, 2.24) is 0 Å². The summed E-state index contributed by atoms with van der Waals surface area (Å²) in [4.78, 5) is 1.53. The summed E-state index contributed by atoms with van der Waals surface area (Å²) in [5.74, 6) is 1.67. The number of hydrogen-bond donors (Lipinski definition) is 3. The molecule has 1 saturated heterocycles. The maximum atomic E-state index is 10.3. The van der Waals surface area contributed by atoms with Gasteiger partial charge in [0.15, 0.2) is 6.04 Å². The van der Waals surface area contributed by atoms with E-state index in [0.29, 0.717) is 19.2 Å². The van der Waals surface area contributed by atoms with Gasteiger partial charge in [-0.05, 0) is 43.3 Å². The molecule has 0 aromatic heterocycles. The summed E-state index contributed by atoms with van der Waals surface area (Å²) in [6.45, 7) is 7.48. The minimum atomic E-state index is -0.507. The molecule has 4 N–H and O–H groups in total. The monoisotopic (exact) mass is 402 g/mol. The van der Waals surface area contributed by atoms with Crippen LogP contribution >= 0.6 is 0 Å². The number of aliphatic hydroxyl groups excluding tert-OH is 1. The first-order chi connectivity index (χ1) is 14.2. The molecule has 29 heavy (non-hydrogen) atoms. The van der Waals surface area contributed by atoms with Crippen LogP contribution in [0.5, 0.6) is 11.5 Å². The van der Waals surface area contributed by atoms with Crippen LogP contribution in [0.1, 0.15) is 17.2 Å². The second kappa shape index (κ2) is 11.2. The second-order valence-electron chi connectivity index (χ2n) is 7.63. The van der Waals surface area contributed by atoms with E-state index in [1.165, 1.54) is 16.0 Å². The number of methoxy groups -OCH3 is 1. The van der Waals surface area contributed by atoms with Gasteiger partial charge in [-0.1, -0.05) is 17.7 Å². The number of ether oxygens (including phenoxy) is 3. The molecule has 0 unspecified atom stereocenters. The molecule has 0 aliphatic carbocycles. The molecule has 1 heterocycles. The fourth-order valence-corrected chi connectivity index (χ4v) is 3.71. The van der Waals surface area contributed by atoms with Crippen LogP contribution in [0.25, 0.3) is 0 Å². The van der Waals surface area contributed by atoms with Gasteiger partial charge in [0.05, 0.1) is 20.3 Å². The van der Waals surface area contributed by atoms with Gasteiger partial charge in [-0.15, -0.1) is 0 Å². The number of nitrogens with one attached hydrogen (secondary N) is 1. The normalized spacial score (nSPS) is 16.9. The fraction of sp³-hybridized carbons (Fsp3) is 0.478. The van der Waals surface area contributed by atoms with Gasteiger partial charge in [0, 0.05) is 5.56 Å². The lowest BCUT2D eigenvalue weighted by molar-refractivity contribution is -0.951. The highest BCUT2D eigenvalue weighted by molar-refractivity contribution is 5.28. The Balaban J connectivity index is 1.51. The molecule has 6 nitrogen and oxygen atoms in total. The summed E-state index contributed by atoms with van der Waals surface area (Å²) in [7, 11) is 1.69. The van der Waals surface area contributed by atoms with Crippen LogP contribution in [0.15, 0.2) is 48.5 Å². The zero-order valence-corrected chi connectivity index (χ0v) is 17.5. The van der Waals surface area contributed by atoms with Crippen LogP contribution in [0, 0.1) is 6.92 Å². The van der Waals surface area contributed by atoms with E-state index in [0.717, 1.165) is 44.3 Å². The minimum Gasteiger partial charge on any atom is -0.497 e. The molecular weight excluding hydrogens is 368 g/mol. The van der Waals surface area contributed by atoms with Gasteiger partial charge in [-0.2, -0.15) is 0 Å². The van der Waals surface area contributed by atoms with Gasteiger partial charge >= 0.3 is 0 Å². The molecule has 6 heteroatoms. The van der Waals surface area contributed by atoms with E-state index >= 15 is 0 Å². The van der Waals surface area contributed by atoms with Crippen LogP contribution < -0.4 is 19.7 Å². The van der Waals surface area contributed by atoms with Crippen molar-refractivity contribution in [3.8, 4) is 11.5 Å². The van der Waals surface area contributed by atoms with Crippen molar-refractivity contribution >= 4 is 0 Å². The Morgan fingerprint density at radius 2 is 1.66 bits per heavy atom. The smallest absolute Gasteiger partial charge is 0.163 e. The number of morpholine rings is 1. The number of aliphatic hydroxyl groups is 1. The van der Waals surface area contributed by atoms with Gasteiger partial charge in [-0.3, -0.25) is 0 Å². The number of benzene rings is 2. The molecule has 2 atom stereocenters. The molecule has 0 bridgehead atoms. The summed E-state index contributed by atoms with van der Waals surface area (Å²) in [5.41, 5.74) is 2.49. The standard InChI is InChI=1S/C23H32N2O4/c1-18-3-7-22(8-4-18)29-17-20(26)15-24-16-23(25-11-13-28-14-12-25)19-5-9-21(27-2)10-6-19/h3-10,20,23-24,26H,11-17H2,1-2H3/p+2/t20-,23+/m1/s1. The Bertz CT molecular complexity index is 715. The lowest BCUT2D eigenvalue weighted by Gasteiger charge is -2.31. The summed E-state index contributed by atoms with van der Waals surface area (Å²) in [5, 5.41) is 12.5. The quantitative estimate of drug-likeness (QED) is 0.522. The summed E-state index contributed by atoms with van der Waals surface area (Å²) >= 11 is 0. The number of aryl methyl sites for hydroxylation is 1. The number of quaternary nitrogens is 2. The van der Waals surface area contributed by atoms with Crippen molar-refractivity contribution < 1.29 is 29.5 Å². The Morgan fingerprint density at radius 1 is 1.00 bits per heavy atom. The zero-order valence-electron chi connectivity index (χ0n) is 17.5. The van der Waals surface area contributed by atoms with E-state index in [-0.39, 0.29) is 0 Å². The molecule has 3 rings (SSSR count). The van der Waals surface area contributed by atoms with Gasteiger partial charge in [-0.25, -0.2) is 0 Å². The third kappa shape index (κ3) is 6.72. The molecule has 1 aliphatic heterocycles. The first-order valence-corrected chi connectivity index (χ1v) is 10.4. The average molecular weight is 403 g/mol. The highest BCUT2D eigenvalue weighted by Crippen LogP contribution is 2.15. The second-order valence-corrected chi connectivity index (χ2v) is 7.63. The summed E-state index contributed by atoms with van der Waals surface area (Å²) < 4.78 is 16.5. The molecule has 2 aromatic rings. The maximum absolute atomic E-state index is 10.3. The zero-order chi connectivity index (χ0) is 20.5. The van der Waals surface area contributed by atoms with Crippen molar-refractivity contribution in [2.45, 2.75) is 19.1 Å². The minimum absolute atomic E-state index is 0.303. The topological polar surface area (TPSA) is 69.0 Å². The first-order valence-electron chi connectivity index (χ1n) is 10.4. The van der Waals surface area contributed by atoms with Crippen molar-refractivity contribution in [3.05, 3.63) is 59.7 Å². The van der Waals surface area contributed by atoms with Crippen LogP contribution in [0.2, 0.25) is 0 Å². The Labute approximate surface area is 173 Å². The molecule has 1 fully saturated rings. The lowest BCUT2D eigenvalue weighted by atomic mass is 10.0. The SMILES string of the molecule is COc1ccc([C@H](C[NH2+]C[C@@H](O)COc2ccc(C)cc2)[NH+]2CCOCC2)cc1. The Kier molecular flexibility index (Phi) is 8.31. The van der Waals surface area contributed by atoms with Crippen molar-refractivity contribution in [2.24, 2.45) is 0 Å². The highest BCUT2D eigenvalue weighted by atomic mass is 16.5. The van der Waals surface area contributed by atoms with E-state index in [2.05, 4.69) is 17.4 Å². The van der Waals surface area contributed by atoms with E-state index < -0.39 is 6.10 Å². The molecule has 0 radical (unpaired) electrons. The lowest BCUT2D eigenvalue weighted by Crippen LogP contribution is -3.16. The third-order valence-electron chi connectivity index (χ3n) is 5.45. The molecule has 0 amide bonds. The van der Waals surface area contributed by atoms with Gasteiger partial charge in [0.2, 0.25) is 0 Å². The largest absolute Gasteiger partial charge is 0.497 e. The van der Waals surface area contributed by atoms with Crippen molar-refractivity contribution in [1.29, 1.82) is 0 Å². The molecule has 2 aromatic carbocycles. The molecule has 1 aliphatic rings. The van der Waals surface area contributed by atoms with Crippen LogP contribution in [0.3, 0.4) is 0 Å². The van der Waals surface area contributed by atoms with Gasteiger partial charge < -0.3 is 29.5 Å². The van der Waals surface area contributed by atoms with Gasteiger partial charge in [0.1, 0.15) is 50.4 Å². The fourth-order valence-electron chi connectivity index (χ4n) is 3.71. The van der Waals surface area contributed by atoms with E-state index in [9.17, 15) is 5.11 Å². The summed E-state index contributed by atoms with van der Waals surface area (Å²) in [6, 6.07) is 16.6. The number of hydrogen-bond acceptors (Lipinski definition) is 4. The van der Waals surface area contributed by atoms with Crippen molar-refractivity contribution in [2.75, 3.05) is 53.1 Å². The van der Waals surface area contributed by atoms with Crippen LogP contribution in [-0.4, -0.2) is 64.3 Å². The van der Waals surface area contributed by atoms with E-state index in [4.69, 9.17) is 14.2 Å². The maximum Gasteiger partial charge on any atom is 0.163 e. The average Bonchev–Trinajstić information content (AvgIpc) is 2.77. The number of nitrogens with two attached hydrogens (primary N) is 1. The van der Waals surface area contributed by atoms with Crippen LogP contribution in [0.4, 0.5) is 0 Å². The predicted molar refractivity (Wildman–Crippen MR) is 112 cm³/mol. The first kappa shape index (κ1) is 21.6. The molecular formula is C23H34N2O4+2. The molecule has 0 spiro atoms. The Morgan fingerprint density at radius 3 is 2.31 bits per heavy atom. The van der Waals surface area contributed by atoms with Gasteiger partial charge in [0.25, 0.3) is 0 Å². The van der Waals surface area contributed by atoms with Crippen molar-refractivity contribution in [3.63, 3.8) is 0 Å². The predicted octanol–water partition coefficient (Wildman–Crippen LogP) is -0.0369. The molecule has 158 valence electrons. The number of rotatable bonds is 10. The molecule has 0 saturated carbocycles. The van der Waals surface area contributed by atoms with E-state index in [1.54, 1.807) is 7.11 Å².